The van der Waals surface area contributed by atoms with Crippen molar-refractivity contribution in [1.82, 2.24) is 34.3 Å². The minimum absolute atomic E-state index is 0.000602. The van der Waals surface area contributed by atoms with Crippen LogP contribution in [0.4, 0.5) is 0 Å². The summed E-state index contributed by atoms with van der Waals surface area (Å²) in [6.07, 6.45) is 17.0. The Labute approximate surface area is 556 Å². The Kier molecular flexibility index (Phi) is 47.3. The molecule has 7 heterocycles. The van der Waals surface area contributed by atoms with Crippen LogP contribution in [0.1, 0.15) is 177 Å². The number of nitrogens with zero attached hydrogens (tertiary/aromatic N) is 7. The quantitative estimate of drug-likeness (QED) is 0.0654. The molecule has 87 heavy (non-hydrogen) atoms. The van der Waals surface area contributed by atoms with Gasteiger partial charge >= 0.3 is 0 Å². The van der Waals surface area contributed by atoms with Crippen molar-refractivity contribution in [2.75, 3.05) is 125 Å². The van der Waals surface area contributed by atoms with Gasteiger partial charge in [0, 0.05) is 163 Å². The second kappa shape index (κ2) is 50.3. The van der Waals surface area contributed by atoms with Crippen molar-refractivity contribution >= 4 is 162 Å². The number of rotatable bonds is 24. The molecule has 0 aliphatic carbocycles. The summed E-state index contributed by atoms with van der Waals surface area (Å²) in [4.78, 5) is 97.1. The molecule has 27 heteroatoms. The van der Waals surface area contributed by atoms with Gasteiger partial charge in [0.05, 0.1) is 47.9 Å². The van der Waals surface area contributed by atoms with Gasteiger partial charge in [0.2, 0.25) is 23.6 Å². The first-order valence-electron chi connectivity index (χ1n) is 31.1. The van der Waals surface area contributed by atoms with E-state index < -0.39 is 0 Å². The standard InChI is InChI=1S/2C10H17NO2S.C9H15NO2S.3C8H13NO2S.C7H11NOS/c2*1-2-13-8-4-5-9(12)11-7-3-6-10(11)14;1-2-12-7-5-8(11)10-6-3-4-9(10)13;3*1-2-11-6-7(10)9-5-3-4-8(9)12;1-2-6(9)8-5-3-4-7(8)10/h2*2-8H2,1H3;2-7H2,1H3;3*2-6H2,1H3;2-5H2,1H3. The molecule has 7 aliphatic heterocycles. The minimum Gasteiger partial charge on any atom is -0.382 e. The maximum atomic E-state index is 11.6. The Bertz CT molecular complexity index is 2090. The van der Waals surface area contributed by atoms with E-state index in [0.29, 0.717) is 71.9 Å². The van der Waals surface area contributed by atoms with Gasteiger partial charge in [-0.1, -0.05) is 92.4 Å². The Morgan fingerprint density at radius 3 is 0.701 bits per heavy atom. The molecule has 7 amide bonds. The maximum absolute atomic E-state index is 11.6. The minimum atomic E-state index is -0.000602. The molecule has 0 saturated carbocycles. The van der Waals surface area contributed by atoms with Crippen molar-refractivity contribution in [3.63, 3.8) is 0 Å². The van der Waals surface area contributed by atoms with E-state index >= 15 is 0 Å². The molecule has 0 aromatic carbocycles. The molecule has 0 unspecified atom stereocenters. The molecule has 0 radical (unpaired) electrons. The van der Waals surface area contributed by atoms with Crippen LogP contribution in [0.25, 0.3) is 0 Å². The molecular weight excluding hydrogens is 1250 g/mol. The fourth-order valence-electron chi connectivity index (χ4n) is 9.02. The van der Waals surface area contributed by atoms with Crippen LogP contribution < -0.4 is 0 Å². The van der Waals surface area contributed by atoms with Crippen LogP contribution in [-0.4, -0.2) is 236 Å². The highest BCUT2D eigenvalue weighted by atomic mass is 32.1. The van der Waals surface area contributed by atoms with Gasteiger partial charge in [-0.25, -0.2) is 0 Å². The van der Waals surface area contributed by atoms with E-state index in [-0.39, 0.29) is 61.2 Å². The Hall–Kier alpha value is -3.32. The number of likely N-dealkylation sites (tertiary alicyclic amines) is 7. The Balaban J connectivity index is 0.000000509. The second-order valence-electron chi connectivity index (χ2n) is 20.1. The molecule has 0 bridgehead atoms. The van der Waals surface area contributed by atoms with Gasteiger partial charge in [0.25, 0.3) is 17.7 Å². The summed E-state index contributed by atoms with van der Waals surface area (Å²) < 4.78 is 30.5. The normalized spacial score (nSPS) is 16.9. The lowest BCUT2D eigenvalue weighted by Gasteiger charge is -2.15. The number of thiocarbonyl (C=S) groups is 7. The molecule has 20 nitrogen and oxygen atoms in total. The summed E-state index contributed by atoms with van der Waals surface area (Å²) >= 11 is 35.3. The first-order valence-corrected chi connectivity index (χ1v) is 33.9. The molecule has 7 fully saturated rings. The predicted molar refractivity (Wildman–Crippen MR) is 367 cm³/mol. The van der Waals surface area contributed by atoms with Crippen LogP contribution >= 0.6 is 85.5 Å². The van der Waals surface area contributed by atoms with Gasteiger partial charge in [-0.3, -0.25) is 33.6 Å². The summed E-state index contributed by atoms with van der Waals surface area (Å²) in [7, 11) is 0. The van der Waals surface area contributed by atoms with Crippen LogP contribution in [0.5, 0.6) is 0 Å². The molecule has 7 saturated heterocycles. The third-order valence-corrected chi connectivity index (χ3v) is 16.6. The number of carbonyl (C=O) groups is 7. The number of hydrogen-bond acceptors (Lipinski definition) is 20. The van der Waals surface area contributed by atoms with Crippen LogP contribution in [0.2, 0.25) is 0 Å². The zero-order chi connectivity index (χ0) is 64.9. The van der Waals surface area contributed by atoms with E-state index in [0.717, 1.165) is 197 Å². The molecule has 0 atom stereocenters. The van der Waals surface area contributed by atoms with Gasteiger partial charge < -0.3 is 62.7 Å². The molecule has 494 valence electrons. The zero-order valence-electron chi connectivity index (χ0n) is 52.9. The molecule has 0 aromatic heterocycles. The van der Waals surface area contributed by atoms with Crippen LogP contribution in [0.3, 0.4) is 0 Å². The summed E-state index contributed by atoms with van der Waals surface area (Å²) in [5, 5.41) is 0. The summed E-state index contributed by atoms with van der Waals surface area (Å²) in [5.74, 6) is 0.593. The molecule has 7 rings (SSSR count). The van der Waals surface area contributed by atoms with Gasteiger partial charge in [0.15, 0.2) is 0 Å². The highest BCUT2D eigenvalue weighted by molar-refractivity contribution is 7.81. The fourth-order valence-corrected chi connectivity index (χ4v) is 11.4. The maximum Gasteiger partial charge on any atom is 0.253 e. The van der Waals surface area contributed by atoms with Gasteiger partial charge in [0.1, 0.15) is 19.8 Å². The highest BCUT2D eigenvalue weighted by Gasteiger charge is 2.27. The molecule has 0 aromatic rings. The molecule has 0 N–H and O–H groups in total. The smallest absolute Gasteiger partial charge is 0.253 e. The van der Waals surface area contributed by atoms with Gasteiger partial charge in [-0.05, 0) is 99.3 Å². The van der Waals surface area contributed by atoms with Crippen LogP contribution in [-0.2, 0) is 62.0 Å². The van der Waals surface area contributed by atoms with Crippen LogP contribution in [0, 0.1) is 0 Å². The average molecular weight is 1350 g/mol. The monoisotopic (exact) mass is 1350 g/mol. The van der Waals surface area contributed by atoms with Gasteiger partial charge in [-0.15, -0.1) is 0 Å². The fraction of sp³-hybridized carbons (Fsp3) is 0.767. The number of amides is 7. The summed E-state index contributed by atoms with van der Waals surface area (Å²) in [6.45, 7) is 25.0. The van der Waals surface area contributed by atoms with E-state index in [2.05, 4.69) is 0 Å². The van der Waals surface area contributed by atoms with Crippen molar-refractivity contribution in [2.24, 2.45) is 0 Å². The number of ether oxygens (including phenoxy) is 6. The summed E-state index contributed by atoms with van der Waals surface area (Å²) in [6, 6.07) is 0. The first kappa shape index (κ1) is 81.7. The highest BCUT2D eigenvalue weighted by Crippen LogP contribution is 2.18. The SMILES string of the molecule is CCC(=O)N1CCCC1=S.CCOCC(=O)N1CCCC1=S.CCOCC(=O)N1CCCC1=S.CCOCC(=O)N1CCCC1=S.CCOCCC(=O)N1CCCC1=S.CCOCCCC(=O)N1CCCC1=S.CCOCCCC(=O)N1CCCC1=S. The van der Waals surface area contributed by atoms with E-state index in [1.165, 1.54) is 0 Å². The van der Waals surface area contributed by atoms with Crippen molar-refractivity contribution in [3.05, 3.63) is 0 Å². The molecular formula is C60H99N7O13S7. The third-order valence-electron chi connectivity index (χ3n) is 13.6. The molecule has 7 aliphatic rings. The van der Waals surface area contributed by atoms with E-state index in [4.69, 9.17) is 114 Å². The van der Waals surface area contributed by atoms with Crippen LogP contribution in [0.15, 0.2) is 0 Å². The van der Waals surface area contributed by atoms with Crippen molar-refractivity contribution in [1.29, 1.82) is 0 Å². The predicted octanol–water partition coefficient (Wildman–Crippen LogP) is 9.13. The van der Waals surface area contributed by atoms with E-state index in [9.17, 15) is 33.6 Å². The number of carbonyl (C=O) groups excluding carboxylic acids is 7. The lowest BCUT2D eigenvalue weighted by molar-refractivity contribution is -0.132. The van der Waals surface area contributed by atoms with Gasteiger partial charge in [-0.2, -0.15) is 0 Å². The first-order chi connectivity index (χ1) is 41.8. The lowest BCUT2D eigenvalue weighted by Crippen LogP contribution is -2.33. The third kappa shape index (κ3) is 34.1. The lowest BCUT2D eigenvalue weighted by atomic mass is 10.3. The summed E-state index contributed by atoms with van der Waals surface area (Å²) in [5.41, 5.74) is 0. The Morgan fingerprint density at radius 2 is 0.494 bits per heavy atom. The van der Waals surface area contributed by atoms with E-state index in [1.54, 1.807) is 34.3 Å². The average Bonchev–Trinajstić information content (AvgIpc) is 4.64. The second-order valence-corrected chi connectivity index (χ2v) is 23.4. The number of hydrogen-bond donors (Lipinski definition) is 0. The Morgan fingerprint density at radius 1 is 0.287 bits per heavy atom. The molecule has 0 spiro atoms. The van der Waals surface area contributed by atoms with E-state index in [1.807, 2.05) is 48.5 Å². The largest absolute Gasteiger partial charge is 0.382 e. The van der Waals surface area contributed by atoms with Crippen molar-refractivity contribution < 1.29 is 62.0 Å². The topological polar surface area (TPSA) is 198 Å². The van der Waals surface area contributed by atoms with Crippen molar-refractivity contribution in [2.45, 2.75) is 177 Å². The van der Waals surface area contributed by atoms with Crippen molar-refractivity contribution in [3.8, 4) is 0 Å². The zero-order valence-corrected chi connectivity index (χ0v) is 58.6.